The predicted molar refractivity (Wildman–Crippen MR) is 107 cm³/mol. The van der Waals surface area contributed by atoms with Gasteiger partial charge in [0.1, 0.15) is 6.54 Å². The molecule has 29 heavy (non-hydrogen) atoms. The molecule has 2 saturated carbocycles. The normalized spacial score (nSPS) is 27.1. The van der Waals surface area contributed by atoms with Crippen LogP contribution in [-0.4, -0.2) is 46.1 Å². The maximum Gasteiger partial charge on any atom is 0.334 e. The lowest BCUT2D eigenvalue weighted by molar-refractivity contribution is -0.144. The summed E-state index contributed by atoms with van der Waals surface area (Å²) in [6, 6.07) is 4.54. The van der Waals surface area contributed by atoms with Gasteiger partial charge in [0.15, 0.2) is 0 Å². The first kappa shape index (κ1) is 19.6. The van der Waals surface area contributed by atoms with Crippen LogP contribution in [0.2, 0.25) is 0 Å². The van der Waals surface area contributed by atoms with Crippen LogP contribution >= 0.6 is 0 Å². The average Bonchev–Trinajstić information content (AvgIpc) is 3.37. The quantitative estimate of drug-likeness (QED) is 0.611. The molecule has 0 spiro atoms. The molecule has 4 rings (SSSR count). The van der Waals surface area contributed by atoms with Gasteiger partial charge >= 0.3 is 17.8 Å². The van der Waals surface area contributed by atoms with Crippen LogP contribution in [0.5, 0.6) is 0 Å². The average molecular weight is 397 g/mol. The summed E-state index contributed by atoms with van der Waals surface area (Å²) in [7, 11) is 0. The monoisotopic (exact) mass is 397 g/mol. The van der Waals surface area contributed by atoms with Gasteiger partial charge in [-0.15, -0.1) is 0 Å². The van der Waals surface area contributed by atoms with E-state index >= 15 is 0 Å². The number of anilines is 1. The predicted octanol–water partition coefficient (Wildman–Crippen LogP) is 2.86. The van der Waals surface area contributed by atoms with Crippen molar-refractivity contribution in [3.05, 3.63) is 29.3 Å². The fourth-order valence-electron chi connectivity index (χ4n) is 5.32. The van der Waals surface area contributed by atoms with Gasteiger partial charge in [0.2, 0.25) is 5.91 Å². The lowest BCUT2D eigenvalue weighted by atomic mass is 9.83. The molecule has 1 aromatic carbocycles. The van der Waals surface area contributed by atoms with E-state index in [2.05, 4.69) is 5.32 Å². The van der Waals surface area contributed by atoms with Crippen LogP contribution in [0, 0.1) is 31.6 Å². The number of carbonyl (C=O) groups excluding carboxylic acids is 4. The largest absolute Gasteiger partial charge is 0.334 e. The molecule has 2 bridgehead atoms. The summed E-state index contributed by atoms with van der Waals surface area (Å²) in [5, 5.41) is 2.74. The highest BCUT2D eigenvalue weighted by Gasteiger charge is 2.52. The van der Waals surface area contributed by atoms with Gasteiger partial charge in [-0.2, -0.15) is 0 Å². The highest BCUT2D eigenvalue weighted by atomic mass is 16.2. The number of rotatable bonds is 5. The summed E-state index contributed by atoms with van der Waals surface area (Å²) in [5.74, 6) is -0.783. The van der Waals surface area contributed by atoms with Crippen LogP contribution in [0.3, 0.4) is 0 Å². The Bertz CT molecular complexity index is 896. The molecule has 2 aliphatic carbocycles. The molecule has 5 amide bonds. The van der Waals surface area contributed by atoms with Gasteiger partial charge in [-0.05, 0) is 75.0 Å². The van der Waals surface area contributed by atoms with Crippen molar-refractivity contribution >= 4 is 29.4 Å². The van der Waals surface area contributed by atoms with Crippen molar-refractivity contribution in [1.29, 1.82) is 0 Å². The number of aryl methyl sites for hydroxylation is 1. The summed E-state index contributed by atoms with van der Waals surface area (Å²) < 4.78 is 0. The molecule has 0 unspecified atom stereocenters. The molecule has 7 heteroatoms. The maximum absolute atomic E-state index is 12.9. The first-order chi connectivity index (χ1) is 13.8. The third kappa shape index (κ3) is 3.32. The number of urea groups is 1. The van der Waals surface area contributed by atoms with Crippen LogP contribution in [0.15, 0.2) is 18.2 Å². The lowest BCUT2D eigenvalue weighted by Gasteiger charge is -2.32. The fraction of sp³-hybridized carbons (Fsp3) is 0.545. The topological polar surface area (TPSA) is 86.8 Å². The Kier molecular flexibility index (Phi) is 4.92. The molecule has 1 aliphatic heterocycles. The van der Waals surface area contributed by atoms with Crippen molar-refractivity contribution in [2.45, 2.75) is 52.5 Å². The Balaban J connectivity index is 1.45. The van der Waals surface area contributed by atoms with E-state index < -0.39 is 30.3 Å². The Morgan fingerprint density at radius 3 is 2.55 bits per heavy atom. The molecule has 0 aromatic heterocycles. The second-order valence-corrected chi connectivity index (χ2v) is 8.72. The van der Waals surface area contributed by atoms with Gasteiger partial charge in [0.05, 0.1) is 0 Å². The first-order valence-corrected chi connectivity index (χ1v) is 10.3. The molecule has 1 N–H and O–H groups in total. The third-order valence-electron chi connectivity index (χ3n) is 7.08. The van der Waals surface area contributed by atoms with E-state index in [1.165, 1.54) is 6.42 Å². The zero-order valence-electron chi connectivity index (χ0n) is 17.1. The molecule has 1 heterocycles. The summed E-state index contributed by atoms with van der Waals surface area (Å²) in [6.07, 6.45) is 4.51. The highest BCUT2D eigenvalue weighted by molar-refractivity contribution is 6.45. The fourth-order valence-corrected chi connectivity index (χ4v) is 5.32. The summed E-state index contributed by atoms with van der Waals surface area (Å²) in [4.78, 5) is 52.2. The minimum absolute atomic E-state index is 0.248. The molecular formula is C22H27N3O4. The minimum atomic E-state index is -0.916. The van der Waals surface area contributed by atoms with Gasteiger partial charge in [0.25, 0.3) is 0 Å². The van der Waals surface area contributed by atoms with E-state index in [0.717, 1.165) is 40.2 Å². The lowest BCUT2D eigenvalue weighted by Crippen LogP contribution is -2.45. The second-order valence-electron chi connectivity index (χ2n) is 8.72. The van der Waals surface area contributed by atoms with E-state index in [1.54, 1.807) is 6.07 Å². The molecule has 0 radical (unpaired) electrons. The molecule has 3 aliphatic rings. The summed E-state index contributed by atoms with van der Waals surface area (Å²) >= 11 is 0. The van der Waals surface area contributed by atoms with Crippen molar-refractivity contribution in [3.63, 3.8) is 0 Å². The standard InChI is InChI=1S/C22H27N3O4/c1-12-5-4-6-18(13(12)2)23-19(26)11-24-20(27)21(28)25(22(24)29)14(3)17-10-15-7-8-16(17)9-15/h4-6,14-17H,7-11H2,1-3H3,(H,23,26)/t14-,15+,16+,17-/m1/s1. The van der Waals surface area contributed by atoms with E-state index in [4.69, 9.17) is 0 Å². The first-order valence-electron chi connectivity index (χ1n) is 10.3. The minimum Gasteiger partial charge on any atom is -0.324 e. The van der Waals surface area contributed by atoms with Crippen LogP contribution in [0.25, 0.3) is 0 Å². The maximum atomic E-state index is 12.9. The second kappa shape index (κ2) is 7.28. The third-order valence-corrected chi connectivity index (χ3v) is 7.08. The molecule has 4 atom stereocenters. The molecule has 3 fully saturated rings. The number of benzene rings is 1. The number of imide groups is 2. The van der Waals surface area contributed by atoms with Crippen molar-refractivity contribution in [2.75, 3.05) is 11.9 Å². The van der Waals surface area contributed by atoms with E-state index in [0.29, 0.717) is 17.5 Å². The van der Waals surface area contributed by atoms with Crippen LogP contribution < -0.4 is 5.32 Å². The van der Waals surface area contributed by atoms with Crippen LogP contribution in [-0.2, 0) is 14.4 Å². The molecule has 1 aromatic rings. The number of hydrogen-bond acceptors (Lipinski definition) is 4. The Morgan fingerprint density at radius 1 is 1.14 bits per heavy atom. The van der Waals surface area contributed by atoms with E-state index in [9.17, 15) is 19.2 Å². The number of hydrogen-bond donors (Lipinski definition) is 1. The Hall–Kier alpha value is -2.70. The van der Waals surface area contributed by atoms with Crippen molar-refractivity contribution in [1.82, 2.24) is 9.80 Å². The summed E-state index contributed by atoms with van der Waals surface area (Å²) in [6.45, 7) is 5.22. The highest BCUT2D eigenvalue weighted by Crippen LogP contribution is 2.50. The number of amides is 5. The summed E-state index contributed by atoms with van der Waals surface area (Å²) in [5.41, 5.74) is 2.58. The van der Waals surface area contributed by atoms with E-state index in [1.807, 2.05) is 32.9 Å². The Morgan fingerprint density at radius 2 is 1.90 bits per heavy atom. The van der Waals surface area contributed by atoms with Crippen LogP contribution in [0.4, 0.5) is 10.5 Å². The van der Waals surface area contributed by atoms with Crippen molar-refractivity contribution < 1.29 is 19.2 Å². The van der Waals surface area contributed by atoms with Gasteiger partial charge in [0, 0.05) is 11.7 Å². The molecule has 154 valence electrons. The van der Waals surface area contributed by atoms with E-state index in [-0.39, 0.29) is 12.0 Å². The number of nitrogens with zero attached hydrogens (tertiary/aromatic N) is 2. The van der Waals surface area contributed by atoms with Gasteiger partial charge in [-0.25, -0.2) is 9.69 Å². The van der Waals surface area contributed by atoms with Gasteiger partial charge in [-0.1, -0.05) is 18.6 Å². The number of fused-ring (bicyclic) bond motifs is 2. The zero-order chi connectivity index (χ0) is 20.9. The smallest absolute Gasteiger partial charge is 0.324 e. The molecular weight excluding hydrogens is 370 g/mol. The van der Waals surface area contributed by atoms with Crippen molar-refractivity contribution in [2.24, 2.45) is 17.8 Å². The SMILES string of the molecule is Cc1cccc(NC(=O)CN2C(=O)C(=O)N([C@H](C)[C@H]3C[C@H]4CC[C@H]3C4)C2=O)c1C. The van der Waals surface area contributed by atoms with Crippen LogP contribution in [0.1, 0.15) is 43.7 Å². The Labute approximate surface area is 170 Å². The van der Waals surface area contributed by atoms with Gasteiger partial charge < -0.3 is 5.32 Å². The molecule has 7 nitrogen and oxygen atoms in total. The number of nitrogens with one attached hydrogen (secondary N) is 1. The van der Waals surface area contributed by atoms with Crippen molar-refractivity contribution in [3.8, 4) is 0 Å². The molecule has 1 saturated heterocycles. The zero-order valence-corrected chi connectivity index (χ0v) is 17.1. The van der Waals surface area contributed by atoms with Gasteiger partial charge in [-0.3, -0.25) is 19.3 Å². The number of carbonyl (C=O) groups is 4.